The lowest BCUT2D eigenvalue weighted by Gasteiger charge is -2.15. The smallest absolute Gasteiger partial charge is 0.234 e. The Morgan fingerprint density at radius 2 is 1.93 bits per heavy atom. The summed E-state index contributed by atoms with van der Waals surface area (Å²) in [5.74, 6) is 1.02. The van der Waals surface area contributed by atoms with Gasteiger partial charge in [0.25, 0.3) is 0 Å². The molecule has 0 saturated heterocycles. The second-order valence-corrected chi connectivity index (χ2v) is 8.24. The Morgan fingerprint density at radius 3 is 2.69 bits per heavy atom. The van der Waals surface area contributed by atoms with E-state index in [9.17, 15) is 4.79 Å². The Balaban J connectivity index is 1.62. The first-order chi connectivity index (χ1) is 13.8. The van der Waals surface area contributed by atoms with Crippen LogP contribution in [0.15, 0.2) is 47.6 Å². The van der Waals surface area contributed by atoms with Crippen LogP contribution in [0.2, 0.25) is 15.1 Å². The number of anilines is 1. The topological polar surface area (TPSA) is 69.0 Å². The van der Waals surface area contributed by atoms with Crippen molar-refractivity contribution in [3.63, 3.8) is 0 Å². The molecule has 3 rings (SSSR count). The van der Waals surface area contributed by atoms with Gasteiger partial charge in [-0.25, -0.2) is 0 Å². The van der Waals surface area contributed by atoms with E-state index in [-0.39, 0.29) is 11.7 Å². The molecule has 1 aromatic heterocycles. The minimum Gasteiger partial charge on any atom is -0.481 e. The number of carbonyl (C=O) groups is 1. The lowest BCUT2D eigenvalue weighted by Crippen LogP contribution is -2.15. The Labute approximate surface area is 187 Å². The highest BCUT2D eigenvalue weighted by molar-refractivity contribution is 7.99. The zero-order chi connectivity index (χ0) is 21.0. The molecular formula is C19H17Cl3N4O2S. The SMILES string of the molecule is CC(Oc1cc(Cl)ccc1Cl)c1nnc(SCC(=O)Nc2ccccc2Cl)n1C. The first kappa shape index (κ1) is 21.8. The maximum atomic E-state index is 12.2. The molecule has 0 aliphatic rings. The molecule has 1 unspecified atom stereocenters. The highest BCUT2D eigenvalue weighted by Gasteiger charge is 2.19. The van der Waals surface area contributed by atoms with Gasteiger partial charge in [-0.15, -0.1) is 10.2 Å². The van der Waals surface area contributed by atoms with Crippen molar-refractivity contribution in [1.82, 2.24) is 14.8 Å². The van der Waals surface area contributed by atoms with Crippen LogP contribution in [-0.4, -0.2) is 26.4 Å². The normalized spacial score (nSPS) is 11.9. The summed E-state index contributed by atoms with van der Waals surface area (Å²) in [5.41, 5.74) is 0.568. The monoisotopic (exact) mass is 470 g/mol. The summed E-state index contributed by atoms with van der Waals surface area (Å²) in [4.78, 5) is 12.2. The molecule has 0 bridgehead atoms. The maximum absolute atomic E-state index is 12.2. The Hall–Kier alpha value is -1.93. The summed E-state index contributed by atoms with van der Waals surface area (Å²) in [5, 5.41) is 13.1. The zero-order valence-corrected chi connectivity index (χ0v) is 18.6. The minimum absolute atomic E-state index is 0.159. The fourth-order valence-electron chi connectivity index (χ4n) is 2.50. The standard InChI is InChI=1S/C19H17Cl3N4O2S/c1-11(28-16-9-12(20)7-8-14(16)22)18-24-25-19(26(18)2)29-10-17(27)23-15-6-4-3-5-13(15)21/h3-9,11H,10H2,1-2H3,(H,23,27). The molecule has 1 N–H and O–H groups in total. The number of rotatable bonds is 7. The van der Waals surface area contributed by atoms with Gasteiger partial charge >= 0.3 is 0 Å². The highest BCUT2D eigenvalue weighted by atomic mass is 35.5. The molecule has 2 aromatic carbocycles. The second-order valence-electron chi connectivity index (χ2n) is 6.05. The predicted octanol–water partition coefficient (Wildman–Crippen LogP) is 5.65. The lowest BCUT2D eigenvalue weighted by molar-refractivity contribution is -0.113. The molecule has 0 fully saturated rings. The van der Waals surface area contributed by atoms with Crippen LogP contribution in [0, 0.1) is 0 Å². The van der Waals surface area contributed by atoms with E-state index in [1.54, 1.807) is 47.0 Å². The number of nitrogens with one attached hydrogen (secondary N) is 1. The van der Waals surface area contributed by atoms with Crippen molar-refractivity contribution in [3.05, 3.63) is 63.4 Å². The number of amides is 1. The number of halogens is 3. The molecule has 0 saturated carbocycles. The third-order valence-electron chi connectivity index (χ3n) is 3.91. The summed E-state index contributed by atoms with van der Waals surface area (Å²) in [6.45, 7) is 1.83. The number of hydrogen-bond donors (Lipinski definition) is 1. The van der Waals surface area contributed by atoms with Crippen LogP contribution < -0.4 is 10.1 Å². The summed E-state index contributed by atoms with van der Waals surface area (Å²) < 4.78 is 7.66. The van der Waals surface area contributed by atoms with E-state index in [4.69, 9.17) is 39.5 Å². The molecule has 0 aliphatic carbocycles. The first-order valence-electron chi connectivity index (χ1n) is 8.53. The van der Waals surface area contributed by atoms with Gasteiger partial charge in [0.15, 0.2) is 17.1 Å². The van der Waals surface area contributed by atoms with Crippen LogP contribution in [0.3, 0.4) is 0 Å². The van der Waals surface area contributed by atoms with E-state index in [0.717, 1.165) is 0 Å². The number of aromatic nitrogens is 3. The van der Waals surface area contributed by atoms with Crippen LogP contribution in [0.5, 0.6) is 5.75 Å². The molecule has 10 heteroatoms. The largest absolute Gasteiger partial charge is 0.481 e. The number of benzene rings is 2. The van der Waals surface area contributed by atoms with Gasteiger partial charge < -0.3 is 14.6 Å². The first-order valence-corrected chi connectivity index (χ1v) is 10.6. The van der Waals surface area contributed by atoms with E-state index in [1.165, 1.54) is 11.8 Å². The van der Waals surface area contributed by atoms with Gasteiger partial charge in [-0.05, 0) is 31.2 Å². The number of hydrogen-bond acceptors (Lipinski definition) is 5. The van der Waals surface area contributed by atoms with E-state index in [0.29, 0.717) is 37.5 Å². The Kier molecular flexibility index (Phi) is 7.29. The maximum Gasteiger partial charge on any atom is 0.234 e. The molecule has 0 radical (unpaired) electrons. The quantitative estimate of drug-likeness (QED) is 0.451. The fourth-order valence-corrected chi connectivity index (χ4v) is 3.72. The van der Waals surface area contributed by atoms with Gasteiger partial charge in [0.1, 0.15) is 5.75 Å². The Bertz CT molecular complexity index is 1030. The van der Waals surface area contributed by atoms with E-state index >= 15 is 0 Å². The molecule has 1 amide bonds. The van der Waals surface area contributed by atoms with Crippen LogP contribution >= 0.6 is 46.6 Å². The third-order valence-corrected chi connectivity index (χ3v) is 5.81. The average Bonchev–Trinajstić information content (AvgIpc) is 3.05. The lowest BCUT2D eigenvalue weighted by atomic mass is 10.3. The van der Waals surface area contributed by atoms with Gasteiger partial charge in [-0.2, -0.15) is 0 Å². The van der Waals surface area contributed by atoms with E-state index in [2.05, 4.69) is 15.5 Å². The van der Waals surface area contributed by atoms with Crippen molar-refractivity contribution in [3.8, 4) is 5.75 Å². The highest BCUT2D eigenvalue weighted by Crippen LogP contribution is 2.31. The molecule has 6 nitrogen and oxygen atoms in total. The molecule has 3 aromatic rings. The van der Waals surface area contributed by atoms with Gasteiger partial charge in [0, 0.05) is 18.1 Å². The zero-order valence-electron chi connectivity index (χ0n) is 15.5. The van der Waals surface area contributed by atoms with Gasteiger partial charge in [-0.1, -0.05) is 58.7 Å². The van der Waals surface area contributed by atoms with Gasteiger partial charge in [0.05, 0.1) is 21.5 Å². The second kappa shape index (κ2) is 9.71. The fraction of sp³-hybridized carbons (Fsp3) is 0.211. The average molecular weight is 472 g/mol. The van der Waals surface area contributed by atoms with Crippen molar-refractivity contribution in [1.29, 1.82) is 0 Å². The summed E-state index contributed by atoms with van der Waals surface area (Å²) in [6, 6.07) is 12.1. The van der Waals surface area contributed by atoms with Crippen LogP contribution in [0.25, 0.3) is 0 Å². The van der Waals surface area contributed by atoms with Gasteiger partial charge in [-0.3, -0.25) is 4.79 Å². The number of carbonyl (C=O) groups excluding carboxylic acids is 1. The minimum atomic E-state index is -0.422. The molecular weight excluding hydrogens is 455 g/mol. The van der Waals surface area contributed by atoms with Crippen molar-refractivity contribution < 1.29 is 9.53 Å². The van der Waals surface area contributed by atoms with Crippen molar-refractivity contribution in [2.45, 2.75) is 18.2 Å². The molecule has 0 aliphatic heterocycles. The van der Waals surface area contributed by atoms with Crippen molar-refractivity contribution in [2.75, 3.05) is 11.1 Å². The van der Waals surface area contributed by atoms with Crippen LogP contribution in [0.4, 0.5) is 5.69 Å². The predicted molar refractivity (Wildman–Crippen MR) is 117 cm³/mol. The van der Waals surface area contributed by atoms with Crippen LogP contribution in [0.1, 0.15) is 18.9 Å². The van der Waals surface area contributed by atoms with Crippen molar-refractivity contribution in [2.24, 2.45) is 7.05 Å². The molecule has 0 spiro atoms. The summed E-state index contributed by atoms with van der Waals surface area (Å²) in [6.07, 6.45) is -0.422. The number of para-hydroxylation sites is 1. The Morgan fingerprint density at radius 1 is 1.17 bits per heavy atom. The van der Waals surface area contributed by atoms with Crippen LogP contribution in [-0.2, 0) is 11.8 Å². The molecule has 152 valence electrons. The number of thioether (sulfide) groups is 1. The van der Waals surface area contributed by atoms with Gasteiger partial charge in [0.2, 0.25) is 5.91 Å². The number of nitrogens with zero attached hydrogens (tertiary/aromatic N) is 3. The number of ether oxygens (including phenoxy) is 1. The summed E-state index contributed by atoms with van der Waals surface area (Å²) >= 11 is 19.5. The van der Waals surface area contributed by atoms with Crippen molar-refractivity contribution >= 4 is 58.2 Å². The molecule has 1 atom stereocenters. The van der Waals surface area contributed by atoms with E-state index < -0.39 is 6.10 Å². The molecule has 29 heavy (non-hydrogen) atoms. The summed E-state index contributed by atoms with van der Waals surface area (Å²) in [7, 11) is 1.81. The third kappa shape index (κ3) is 5.57. The molecule has 1 heterocycles. The van der Waals surface area contributed by atoms with E-state index in [1.807, 2.05) is 14.0 Å².